The third-order valence-electron chi connectivity index (χ3n) is 2.20. The molecule has 0 amide bonds. The molecular formula is C12H12ClN3S. The third kappa shape index (κ3) is 3.35. The van der Waals surface area contributed by atoms with Crippen molar-refractivity contribution in [3.63, 3.8) is 0 Å². The Labute approximate surface area is 110 Å². The molecule has 5 heteroatoms. The molecule has 3 nitrogen and oxygen atoms in total. The van der Waals surface area contributed by atoms with Crippen molar-refractivity contribution in [2.24, 2.45) is 0 Å². The van der Waals surface area contributed by atoms with Gasteiger partial charge in [-0.3, -0.25) is 4.98 Å². The maximum atomic E-state index is 6.10. The Balaban J connectivity index is 2.08. The second-order valence-corrected chi connectivity index (χ2v) is 4.80. The SMILES string of the molecule is CNc1ccc(Cl)c(CSc2ccncc2)n1. The highest BCUT2D eigenvalue weighted by molar-refractivity contribution is 7.98. The Bertz CT molecular complexity index is 490. The molecule has 0 aliphatic rings. The second-order valence-electron chi connectivity index (χ2n) is 3.35. The number of thioether (sulfide) groups is 1. The van der Waals surface area contributed by atoms with Crippen LogP contribution in [0.5, 0.6) is 0 Å². The molecule has 2 heterocycles. The largest absolute Gasteiger partial charge is 0.373 e. The fourth-order valence-corrected chi connectivity index (χ4v) is 2.40. The van der Waals surface area contributed by atoms with Crippen LogP contribution in [0.3, 0.4) is 0 Å². The van der Waals surface area contributed by atoms with Gasteiger partial charge in [-0.2, -0.15) is 0 Å². The molecule has 2 rings (SSSR count). The van der Waals surface area contributed by atoms with E-state index in [4.69, 9.17) is 11.6 Å². The Morgan fingerprint density at radius 1 is 1.24 bits per heavy atom. The molecule has 0 aromatic carbocycles. The zero-order chi connectivity index (χ0) is 12.1. The van der Waals surface area contributed by atoms with Gasteiger partial charge in [0.15, 0.2) is 0 Å². The fourth-order valence-electron chi connectivity index (χ4n) is 1.31. The lowest BCUT2D eigenvalue weighted by molar-refractivity contribution is 1.16. The standard InChI is InChI=1S/C12H12ClN3S/c1-14-12-3-2-10(13)11(16-12)8-17-9-4-6-15-7-5-9/h2-7H,8H2,1H3,(H,14,16). The monoisotopic (exact) mass is 265 g/mol. The van der Waals surface area contributed by atoms with Gasteiger partial charge in [-0.15, -0.1) is 11.8 Å². The molecule has 0 fully saturated rings. The quantitative estimate of drug-likeness (QED) is 0.859. The summed E-state index contributed by atoms with van der Waals surface area (Å²) in [4.78, 5) is 9.57. The van der Waals surface area contributed by atoms with Gasteiger partial charge < -0.3 is 5.32 Å². The van der Waals surface area contributed by atoms with Crippen LogP contribution in [-0.2, 0) is 5.75 Å². The normalized spacial score (nSPS) is 10.2. The number of aromatic nitrogens is 2. The maximum absolute atomic E-state index is 6.10. The summed E-state index contributed by atoms with van der Waals surface area (Å²) in [7, 11) is 1.84. The van der Waals surface area contributed by atoms with Crippen LogP contribution in [0.4, 0.5) is 5.82 Å². The van der Waals surface area contributed by atoms with Crippen molar-refractivity contribution in [2.45, 2.75) is 10.6 Å². The van der Waals surface area contributed by atoms with Crippen molar-refractivity contribution in [3.8, 4) is 0 Å². The van der Waals surface area contributed by atoms with Crippen LogP contribution in [0.25, 0.3) is 0 Å². The van der Waals surface area contributed by atoms with E-state index in [9.17, 15) is 0 Å². The van der Waals surface area contributed by atoms with Crippen LogP contribution < -0.4 is 5.32 Å². The lowest BCUT2D eigenvalue weighted by atomic mass is 10.3. The van der Waals surface area contributed by atoms with Gasteiger partial charge in [0.25, 0.3) is 0 Å². The van der Waals surface area contributed by atoms with Crippen LogP contribution in [0.2, 0.25) is 5.02 Å². The van der Waals surface area contributed by atoms with E-state index in [0.717, 1.165) is 22.2 Å². The first-order valence-corrected chi connectivity index (χ1v) is 6.52. The summed E-state index contributed by atoms with van der Waals surface area (Å²) in [5, 5.41) is 3.70. The average Bonchev–Trinajstić information content (AvgIpc) is 2.39. The van der Waals surface area contributed by atoms with Gasteiger partial charge in [0.2, 0.25) is 0 Å². The smallest absolute Gasteiger partial charge is 0.126 e. The highest BCUT2D eigenvalue weighted by Crippen LogP contribution is 2.25. The summed E-state index contributed by atoms with van der Waals surface area (Å²) >= 11 is 7.80. The zero-order valence-electron chi connectivity index (χ0n) is 9.35. The zero-order valence-corrected chi connectivity index (χ0v) is 10.9. The van der Waals surface area contributed by atoms with Crippen LogP contribution in [-0.4, -0.2) is 17.0 Å². The molecule has 0 atom stereocenters. The van der Waals surface area contributed by atoms with Crippen molar-refractivity contribution in [1.29, 1.82) is 0 Å². The minimum atomic E-state index is 0.700. The summed E-state index contributed by atoms with van der Waals surface area (Å²) < 4.78 is 0. The number of rotatable bonds is 4. The minimum absolute atomic E-state index is 0.700. The molecule has 2 aromatic heterocycles. The molecule has 0 radical (unpaired) electrons. The van der Waals surface area contributed by atoms with Gasteiger partial charge in [-0.1, -0.05) is 11.6 Å². The Morgan fingerprint density at radius 3 is 2.71 bits per heavy atom. The molecule has 0 aliphatic carbocycles. The summed E-state index contributed by atoms with van der Waals surface area (Å²) in [6.45, 7) is 0. The topological polar surface area (TPSA) is 37.8 Å². The van der Waals surface area contributed by atoms with E-state index >= 15 is 0 Å². The lowest BCUT2D eigenvalue weighted by Gasteiger charge is -2.06. The van der Waals surface area contributed by atoms with E-state index in [2.05, 4.69) is 15.3 Å². The van der Waals surface area contributed by atoms with E-state index in [0.29, 0.717) is 5.02 Å². The number of hydrogen-bond donors (Lipinski definition) is 1. The van der Waals surface area contributed by atoms with Crippen molar-refractivity contribution < 1.29 is 0 Å². The summed E-state index contributed by atoms with van der Waals surface area (Å²) in [5.41, 5.74) is 0.889. The Morgan fingerprint density at radius 2 is 2.00 bits per heavy atom. The van der Waals surface area contributed by atoms with Gasteiger partial charge in [0.05, 0.1) is 10.7 Å². The molecule has 0 saturated heterocycles. The van der Waals surface area contributed by atoms with Crippen molar-refractivity contribution in [1.82, 2.24) is 9.97 Å². The van der Waals surface area contributed by atoms with Crippen LogP contribution >= 0.6 is 23.4 Å². The molecule has 1 N–H and O–H groups in total. The molecule has 2 aromatic rings. The van der Waals surface area contributed by atoms with Crippen LogP contribution in [0, 0.1) is 0 Å². The first kappa shape index (κ1) is 12.2. The van der Waals surface area contributed by atoms with E-state index in [1.807, 2.05) is 31.3 Å². The van der Waals surface area contributed by atoms with Crippen molar-refractivity contribution in [2.75, 3.05) is 12.4 Å². The summed E-state index contributed by atoms with van der Waals surface area (Å²) in [5.74, 6) is 1.58. The van der Waals surface area contributed by atoms with Gasteiger partial charge in [0.1, 0.15) is 5.82 Å². The molecule has 0 aliphatic heterocycles. The van der Waals surface area contributed by atoms with E-state index in [1.54, 1.807) is 24.2 Å². The molecule has 0 spiro atoms. The van der Waals surface area contributed by atoms with Gasteiger partial charge >= 0.3 is 0 Å². The Kier molecular flexibility index (Phi) is 4.23. The highest BCUT2D eigenvalue weighted by atomic mass is 35.5. The third-order valence-corrected chi connectivity index (χ3v) is 3.57. The molecule has 88 valence electrons. The number of hydrogen-bond acceptors (Lipinski definition) is 4. The number of nitrogens with zero attached hydrogens (tertiary/aromatic N) is 2. The Hall–Kier alpha value is -1.26. The van der Waals surface area contributed by atoms with Gasteiger partial charge in [-0.05, 0) is 24.3 Å². The fraction of sp³-hybridized carbons (Fsp3) is 0.167. The summed E-state index contributed by atoms with van der Waals surface area (Å²) in [6.07, 6.45) is 3.56. The average molecular weight is 266 g/mol. The number of nitrogens with one attached hydrogen (secondary N) is 1. The second kappa shape index (κ2) is 5.89. The first-order chi connectivity index (χ1) is 8.29. The van der Waals surface area contributed by atoms with E-state index in [-0.39, 0.29) is 0 Å². The molecule has 0 saturated carbocycles. The molecule has 0 bridgehead atoms. The van der Waals surface area contributed by atoms with E-state index in [1.165, 1.54) is 0 Å². The maximum Gasteiger partial charge on any atom is 0.126 e. The number of pyridine rings is 2. The number of anilines is 1. The van der Waals surface area contributed by atoms with Crippen molar-refractivity contribution in [3.05, 3.63) is 47.4 Å². The highest BCUT2D eigenvalue weighted by Gasteiger charge is 2.04. The van der Waals surface area contributed by atoms with Gasteiger partial charge in [-0.25, -0.2) is 4.98 Å². The lowest BCUT2D eigenvalue weighted by Crippen LogP contribution is -1.96. The minimum Gasteiger partial charge on any atom is -0.373 e. The van der Waals surface area contributed by atoms with E-state index < -0.39 is 0 Å². The predicted octanol–water partition coefficient (Wildman–Crippen LogP) is 3.46. The van der Waals surface area contributed by atoms with Crippen molar-refractivity contribution >= 4 is 29.2 Å². The molecule has 0 unspecified atom stereocenters. The summed E-state index contributed by atoms with van der Waals surface area (Å²) in [6, 6.07) is 7.67. The first-order valence-electron chi connectivity index (χ1n) is 5.15. The van der Waals surface area contributed by atoms with Gasteiger partial charge in [0, 0.05) is 30.1 Å². The van der Waals surface area contributed by atoms with Crippen LogP contribution in [0.15, 0.2) is 41.6 Å². The molecule has 17 heavy (non-hydrogen) atoms. The predicted molar refractivity (Wildman–Crippen MR) is 72.6 cm³/mol. The number of halogens is 1. The molecular weight excluding hydrogens is 254 g/mol. The van der Waals surface area contributed by atoms with Crippen LogP contribution in [0.1, 0.15) is 5.69 Å².